The number of oxime groups is 1. The van der Waals surface area contributed by atoms with Gasteiger partial charge < -0.3 is 14.9 Å². The molecule has 0 N–H and O–H groups in total. The van der Waals surface area contributed by atoms with Crippen molar-refractivity contribution in [1.29, 1.82) is 0 Å². The van der Waals surface area contributed by atoms with Crippen molar-refractivity contribution in [3.05, 3.63) is 68.6 Å². The summed E-state index contributed by atoms with van der Waals surface area (Å²) in [5.74, 6) is 1.04. The lowest BCUT2D eigenvalue weighted by Crippen LogP contribution is -2.46. The number of hydrogen-bond acceptors (Lipinski definition) is 4. The summed E-state index contributed by atoms with van der Waals surface area (Å²) in [4.78, 5) is 20.7. The number of nitrogens with zero attached hydrogens (tertiary/aromatic N) is 3. The van der Waals surface area contributed by atoms with Gasteiger partial charge in [0.1, 0.15) is 12.2 Å². The molecule has 0 spiro atoms. The van der Waals surface area contributed by atoms with Gasteiger partial charge in [-0.05, 0) is 87.0 Å². The van der Waals surface area contributed by atoms with E-state index in [2.05, 4.69) is 52.3 Å². The monoisotopic (exact) mass is 555 g/mol. The largest absolute Gasteiger partial charge is 0.618 e. The van der Waals surface area contributed by atoms with Crippen LogP contribution < -0.4 is 4.73 Å². The van der Waals surface area contributed by atoms with Crippen molar-refractivity contribution in [3.63, 3.8) is 0 Å². The summed E-state index contributed by atoms with van der Waals surface area (Å²) < 4.78 is 1.86. The summed E-state index contributed by atoms with van der Waals surface area (Å²) in [6, 6.07) is 10.1. The zero-order valence-electron chi connectivity index (χ0n) is 21.9. The molecule has 194 valence electrons. The number of likely N-dealkylation sites (tertiary alicyclic amines) is 1. The topological polar surface area (TPSA) is 68.8 Å². The molecule has 6 nitrogen and oxygen atoms in total. The number of carbonyl (C=O) groups excluding carboxylic acids is 1. The summed E-state index contributed by atoms with van der Waals surface area (Å²) in [5, 5.41) is 16.6. The van der Waals surface area contributed by atoms with Crippen LogP contribution in [0.15, 0.2) is 46.2 Å². The number of piperidine rings is 1. The molecule has 1 aliphatic heterocycles. The molecule has 2 heterocycles. The first-order chi connectivity index (χ1) is 17.2. The molecule has 0 bridgehead atoms. The number of aromatic nitrogens is 1. The van der Waals surface area contributed by atoms with E-state index in [0.29, 0.717) is 29.7 Å². The number of benzene rings is 1. The van der Waals surface area contributed by atoms with Crippen molar-refractivity contribution in [2.24, 2.45) is 22.4 Å². The predicted octanol–water partition coefficient (Wildman–Crippen LogP) is 6.19. The second-order valence-corrected chi connectivity index (χ2v) is 11.6. The normalized spacial score (nSPS) is 22.4. The van der Waals surface area contributed by atoms with Crippen LogP contribution in [0.2, 0.25) is 0 Å². The van der Waals surface area contributed by atoms with E-state index >= 15 is 0 Å². The maximum atomic E-state index is 13.3. The molecular weight excluding hydrogens is 518 g/mol. The minimum atomic E-state index is -0.00719. The van der Waals surface area contributed by atoms with Crippen LogP contribution in [-0.2, 0) is 4.84 Å². The van der Waals surface area contributed by atoms with Crippen LogP contribution in [0.4, 0.5) is 0 Å². The van der Waals surface area contributed by atoms with Gasteiger partial charge in [-0.1, -0.05) is 40.1 Å². The third-order valence-corrected chi connectivity index (χ3v) is 9.01. The standard InChI is InChI=1S/C29H38BrN3O3/c1-5-36-31-27(23-8-12-25(30)13-9-23)22-6-10-24(11-7-22)29(4)15-18-32(19-16-29)28(34)26-20(2)14-17-33(35)21(26)3/h8-9,12-14,17,22,24H,5-7,10-11,15-16,18-19H2,1-4H3. The Balaban J connectivity index is 1.38. The molecule has 0 atom stereocenters. The summed E-state index contributed by atoms with van der Waals surface area (Å²) in [5.41, 5.74) is 4.35. The molecule has 2 fully saturated rings. The van der Waals surface area contributed by atoms with Crippen molar-refractivity contribution in [1.82, 2.24) is 4.90 Å². The van der Waals surface area contributed by atoms with Crippen LogP contribution in [0, 0.1) is 36.3 Å². The lowest BCUT2D eigenvalue weighted by atomic mass is 9.63. The lowest BCUT2D eigenvalue weighted by Gasteiger charge is -2.47. The maximum Gasteiger partial charge on any atom is 0.260 e. The number of aryl methyl sites for hydroxylation is 1. The Labute approximate surface area is 223 Å². The molecule has 1 aromatic heterocycles. The minimum absolute atomic E-state index is 0.00719. The number of pyridine rings is 1. The highest BCUT2D eigenvalue weighted by molar-refractivity contribution is 9.10. The van der Waals surface area contributed by atoms with Crippen molar-refractivity contribution in [2.75, 3.05) is 19.7 Å². The first-order valence-corrected chi connectivity index (χ1v) is 14.0. The van der Waals surface area contributed by atoms with Gasteiger partial charge in [-0.15, -0.1) is 0 Å². The van der Waals surface area contributed by atoms with Gasteiger partial charge >= 0.3 is 0 Å². The van der Waals surface area contributed by atoms with Gasteiger partial charge in [0.05, 0.1) is 5.71 Å². The second-order valence-electron chi connectivity index (χ2n) is 10.7. The van der Waals surface area contributed by atoms with Gasteiger partial charge in [0.25, 0.3) is 5.91 Å². The highest BCUT2D eigenvalue weighted by Crippen LogP contribution is 2.47. The third-order valence-electron chi connectivity index (χ3n) is 8.48. The van der Waals surface area contributed by atoms with E-state index in [1.165, 1.54) is 19.0 Å². The number of halogens is 1. The summed E-state index contributed by atoms with van der Waals surface area (Å²) in [7, 11) is 0. The van der Waals surface area contributed by atoms with Crippen LogP contribution in [0.1, 0.15) is 79.6 Å². The van der Waals surface area contributed by atoms with Gasteiger partial charge in [0.15, 0.2) is 6.20 Å². The molecule has 1 saturated carbocycles. The number of carbonyl (C=O) groups is 1. The first-order valence-electron chi connectivity index (χ1n) is 13.2. The molecule has 0 radical (unpaired) electrons. The highest BCUT2D eigenvalue weighted by Gasteiger charge is 2.41. The Bertz CT molecular complexity index is 1100. The molecule has 1 saturated heterocycles. The van der Waals surface area contributed by atoms with E-state index in [4.69, 9.17) is 4.84 Å². The average Bonchev–Trinajstić information content (AvgIpc) is 2.88. The predicted molar refractivity (Wildman–Crippen MR) is 146 cm³/mol. The molecular formula is C29H38BrN3O3. The van der Waals surface area contributed by atoms with Crippen molar-refractivity contribution in [3.8, 4) is 0 Å². The van der Waals surface area contributed by atoms with Crippen LogP contribution in [0.3, 0.4) is 0 Å². The van der Waals surface area contributed by atoms with Crippen LogP contribution in [-0.4, -0.2) is 36.2 Å². The Morgan fingerprint density at radius 3 is 2.39 bits per heavy atom. The van der Waals surface area contributed by atoms with Gasteiger partial charge in [-0.25, -0.2) is 0 Å². The van der Waals surface area contributed by atoms with Crippen LogP contribution in [0.25, 0.3) is 0 Å². The molecule has 0 unspecified atom stereocenters. The average molecular weight is 557 g/mol. The van der Waals surface area contributed by atoms with Gasteiger partial charge in [-0.2, -0.15) is 4.73 Å². The zero-order chi connectivity index (χ0) is 25.9. The van der Waals surface area contributed by atoms with E-state index in [-0.39, 0.29) is 11.3 Å². The molecule has 1 aromatic carbocycles. The van der Waals surface area contributed by atoms with Gasteiger partial charge in [-0.3, -0.25) is 4.79 Å². The molecule has 1 aliphatic carbocycles. The molecule has 7 heteroatoms. The number of hydrogen-bond donors (Lipinski definition) is 0. The summed E-state index contributed by atoms with van der Waals surface area (Å²) >= 11 is 3.53. The smallest absolute Gasteiger partial charge is 0.260 e. The van der Waals surface area contributed by atoms with Crippen molar-refractivity contribution >= 4 is 27.5 Å². The zero-order valence-corrected chi connectivity index (χ0v) is 23.5. The first kappa shape index (κ1) is 26.6. The number of rotatable bonds is 6. The van der Waals surface area contributed by atoms with E-state index in [0.717, 1.165) is 64.8 Å². The molecule has 2 aromatic rings. The molecule has 36 heavy (non-hydrogen) atoms. The van der Waals surface area contributed by atoms with Crippen LogP contribution in [0.5, 0.6) is 0 Å². The number of amides is 1. The maximum absolute atomic E-state index is 13.3. The fraction of sp³-hybridized carbons (Fsp3) is 0.552. The van der Waals surface area contributed by atoms with E-state index in [9.17, 15) is 10.0 Å². The second kappa shape index (κ2) is 11.3. The quantitative estimate of drug-likeness (QED) is 0.185. The van der Waals surface area contributed by atoms with E-state index in [1.54, 1.807) is 13.0 Å². The van der Waals surface area contributed by atoms with Gasteiger partial charge in [0, 0.05) is 36.5 Å². The Morgan fingerprint density at radius 1 is 1.14 bits per heavy atom. The Hall–Kier alpha value is -2.41. The third kappa shape index (κ3) is 5.61. The summed E-state index contributed by atoms with van der Waals surface area (Å²) in [6.07, 6.45) is 8.04. The SMILES string of the molecule is CCON=C(c1ccc(Br)cc1)C1CCC(C2(C)CCN(C(=O)c3c(C)cc[n+]([O-])c3C)CC2)CC1. The lowest BCUT2D eigenvalue weighted by molar-refractivity contribution is -0.612. The Kier molecular flexibility index (Phi) is 8.38. The molecule has 1 amide bonds. The Morgan fingerprint density at radius 2 is 1.78 bits per heavy atom. The summed E-state index contributed by atoms with van der Waals surface area (Å²) in [6.45, 7) is 10.1. The van der Waals surface area contributed by atoms with Crippen molar-refractivity contribution < 1.29 is 14.4 Å². The van der Waals surface area contributed by atoms with Crippen LogP contribution >= 0.6 is 15.9 Å². The van der Waals surface area contributed by atoms with Crippen molar-refractivity contribution in [2.45, 2.75) is 66.2 Å². The van der Waals surface area contributed by atoms with E-state index < -0.39 is 0 Å². The van der Waals surface area contributed by atoms with Gasteiger partial charge in [0.2, 0.25) is 5.69 Å². The molecule has 2 aliphatic rings. The highest BCUT2D eigenvalue weighted by atomic mass is 79.9. The van der Waals surface area contributed by atoms with E-state index in [1.807, 2.05) is 18.7 Å². The molecule has 4 rings (SSSR count). The fourth-order valence-corrected chi connectivity index (χ4v) is 6.33. The fourth-order valence-electron chi connectivity index (χ4n) is 6.06. The minimum Gasteiger partial charge on any atom is -0.618 e.